The maximum Gasteiger partial charge on any atom is 0.125 e. The summed E-state index contributed by atoms with van der Waals surface area (Å²) in [6.07, 6.45) is 0. The van der Waals surface area contributed by atoms with Gasteiger partial charge in [-0.1, -0.05) is 12.1 Å². The zero-order valence-electron chi connectivity index (χ0n) is 10.7. The van der Waals surface area contributed by atoms with Gasteiger partial charge in [-0.25, -0.2) is 0 Å². The SMILES string of the molecule is COc1cccc(CN(C)C)c1C(C)(C)O. The number of nitrogens with zero attached hydrogens (tertiary/aromatic N) is 1. The van der Waals surface area contributed by atoms with Crippen LogP contribution >= 0.6 is 0 Å². The van der Waals surface area contributed by atoms with Crippen LogP contribution in [0.4, 0.5) is 0 Å². The lowest BCUT2D eigenvalue weighted by Crippen LogP contribution is -2.22. The van der Waals surface area contributed by atoms with Crippen molar-refractivity contribution in [3.8, 4) is 5.75 Å². The predicted molar refractivity (Wildman–Crippen MR) is 65.6 cm³/mol. The second-order valence-electron chi connectivity index (χ2n) is 4.79. The van der Waals surface area contributed by atoms with Gasteiger partial charge in [0.05, 0.1) is 12.7 Å². The molecule has 0 bridgehead atoms. The highest BCUT2D eigenvalue weighted by atomic mass is 16.5. The number of benzene rings is 1. The highest BCUT2D eigenvalue weighted by Gasteiger charge is 2.24. The Balaban J connectivity index is 3.26. The van der Waals surface area contributed by atoms with Crippen molar-refractivity contribution in [3.05, 3.63) is 29.3 Å². The normalized spacial score (nSPS) is 11.9. The minimum atomic E-state index is -0.891. The third kappa shape index (κ3) is 2.97. The van der Waals surface area contributed by atoms with Crippen LogP contribution in [0.5, 0.6) is 5.75 Å². The van der Waals surface area contributed by atoms with Gasteiger partial charge in [-0.3, -0.25) is 0 Å². The van der Waals surface area contributed by atoms with E-state index in [4.69, 9.17) is 4.74 Å². The average molecular weight is 223 g/mol. The molecule has 3 heteroatoms. The Hall–Kier alpha value is -1.06. The average Bonchev–Trinajstić information content (AvgIpc) is 2.14. The number of methoxy groups -OCH3 is 1. The van der Waals surface area contributed by atoms with Crippen LogP contribution in [-0.2, 0) is 12.1 Å². The van der Waals surface area contributed by atoms with Gasteiger partial charge in [-0.05, 0) is 39.6 Å². The van der Waals surface area contributed by atoms with Crippen molar-refractivity contribution in [1.82, 2.24) is 4.90 Å². The lowest BCUT2D eigenvalue weighted by Gasteiger charge is -2.25. The molecule has 0 heterocycles. The van der Waals surface area contributed by atoms with Crippen LogP contribution in [0.2, 0.25) is 0 Å². The lowest BCUT2D eigenvalue weighted by molar-refractivity contribution is 0.0740. The largest absolute Gasteiger partial charge is 0.496 e. The summed E-state index contributed by atoms with van der Waals surface area (Å²) in [7, 11) is 5.64. The van der Waals surface area contributed by atoms with E-state index in [2.05, 4.69) is 4.90 Å². The van der Waals surface area contributed by atoms with E-state index in [1.165, 1.54) is 0 Å². The van der Waals surface area contributed by atoms with Gasteiger partial charge in [0.25, 0.3) is 0 Å². The minimum Gasteiger partial charge on any atom is -0.496 e. The van der Waals surface area contributed by atoms with Crippen LogP contribution < -0.4 is 4.74 Å². The molecule has 0 fully saturated rings. The Kier molecular flexibility index (Phi) is 3.94. The van der Waals surface area contributed by atoms with E-state index in [1.54, 1.807) is 21.0 Å². The smallest absolute Gasteiger partial charge is 0.125 e. The zero-order chi connectivity index (χ0) is 12.3. The van der Waals surface area contributed by atoms with Crippen molar-refractivity contribution in [2.75, 3.05) is 21.2 Å². The van der Waals surface area contributed by atoms with Crippen molar-refractivity contribution in [3.63, 3.8) is 0 Å². The molecule has 0 amide bonds. The molecule has 0 unspecified atom stereocenters. The Morgan fingerprint density at radius 1 is 1.31 bits per heavy atom. The number of aliphatic hydroxyl groups is 1. The van der Waals surface area contributed by atoms with Crippen molar-refractivity contribution in [1.29, 1.82) is 0 Å². The molecule has 0 aliphatic heterocycles. The van der Waals surface area contributed by atoms with Gasteiger partial charge in [0.15, 0.2) is 0 Å². The van der Waals surface area contributed by atoms with Crippen LogP contribution in [0.25, 0.3) is 0 Å². The van der Waals surface area contributed by atoms with Crippen molar-refractivity contribution in [2.24, 2.45) is 0 Å². The van der Waals surface area contributed by atoms with Crippen LogP contribution in [0.15, 0.2) is 18.2 Å². The molecule has 1 N–H and O–H groups in total. The van der Waals surface area contributed by atoms with E-state index in [0.29, 0.717) is 0 Å². The molecule has 90 valence electrons. The Bertz CT molecular complexity index is 353. The number of ether oxygens (including phenoxy) is 1. The molecular weight excluding hydrogens is 202 g/mol. The van der Waals surface area contributed by atoms with Gasteiger partial charge in [0.2, 0.25) is 0 Å². The van der Waals surface area contributed by atoms with Crippen LogP contribution in [-0.4, -0.2) is 31.2 Å². The molecule has 0 aromatic heterocycles. The van der Waals surface area contributed by atoms with E-state index in [9.17, 15) is 5.11 Å². The summed E-state index contributed by atoms with van der Waals surface area (Å²) in [6.45, 7) is 4.35. The summed E-state index contributed by atoms with van der Waals surface area (Å²) in [5.41, 5.74) is 1.07. The standard InChI is InChI=1S/C13H21NO2/c1-13(2,15)12-10(9-14(3)4)7-6-8-11(12)16-5/h6-8,15H,9H2,1-5H3. The first kappa shape index (κ1) is 13.0. The van der Waals surface area contributed by atoms with Crippen molar-refractivity contribution >= 4 is 0 Å². The van der Waals surface area contributed by atoms with Gasteiger partial charge in [0.1, 0.15) is 5.75 Å². The fourth-order valence-electron chi connectivity index (χ4n) is 1.91. The van der Waals surface area contributed by atoms with Gasteiger partial charge < -0.3 is 14.7 Å². The number of hydrogen-bond donors (Lipinski definition) is 1. The summed E-state index contributed by atoms with van der Waals surface area (Å²) >= 11 is 0. The molecule has 3 nitrogen and oxygen atoms in total. The summed E-state index contributed by atoms with van der Waals surface area (Å²) in [6, 6.07) is 5.86. The van der Waals surface area contributed by atoms with Crippen LogP contribution in [0.1, 0.15) is 25.0 Å². The summed E-state index contributed by atoms with van der Waals surface area (Å²) in [4.78, 5) is 2.07. The molecular formula is C13H21NO2. The Labute approximate surface area is 97.7 Å². The number of hydrogen-bond acceptors (Lipinski definition) is 3. The zero-order valence-corrected chi connectivity index (χ0v) is 10.7. The second kappa shape index (κ2) is 4.85. The quantitative estimate of drug-likeness (QED) is 0.847. The maximum absolute atomic E-state index is 10.2. The van der Waals surface area contributed by atoms with Crippen LogP contribution in [0.3, 0.4) is 0 Å². The molecule has 0 aliphatic carbocycles. The summed E-state index contributed by atoms with van der Waals surface area (Å²) < 4.78 is 5.32. The molecule has 1 aromatic carbocycles. The fraction of sp³-hybridized carbons (Fsp3) is 0.538. The highest BCUT2D eigenvalue weighted by molar-refractivity contribution is 5.43. The Morgan fingerprint density at radius 3 is 2.38 bits per heavy atom. The van der Waals surface area contributed by atoms with Crippen molar-refractivity contribution < 1.29 is 9.84 Å². The topological polar surface area (TPSA) is 32.7 Å². The van der Waals surface area contributed by atoms with E-state index < -0.39 is 5.60 Å². The third-order valence-electron chi connectivity index (χ3n) is 2.43. The van der Waals surface area contributed by atoms with Gasteiger partial charge in [0, 0.05) is 12.1 Å². The van der Waals surface area contributed by atoms with Crippen molar-refractivity contribution in [2.45, 2.75) is 26.0 Å². The van der Waals surface area contributed by atoms with Gasteiger partial charge >= 0.3 is 0 Å². The predicted octanol–water partition coefficient (Wildman–Crippen LogP) is 1.98. The fourth-order valence-corrected chi connectivity index (χ4v) is 1.91. The molecule has 0 aliphatic rings. The molecule has 1 rings (SSSR count). The summed E-state index contributed by atoms with van der Waals surface area (Å²) in [5.74, 6) is 0.742. The monoisotopic (exact) mass is 223 g/mol. The first-order valence-corrected chi connectivity index (χ1v) is 5.39. The third-order valence-corrected chi connectivity index (χ3v) is 2.43. The molecule has 16 heavy (non-hydrogen) atoms. The molecule has 0 spiro atoms. The Morgan fingerprint density at radius 2 is 1.94 bits per heavy atom. The van der Waals surface area contributed by atoms with E-state index in [-0.39, 0.29) is 0 Å². The van der Waals surface area contributed by atoms with E-state index in [1.807, 2.05) is 32.3 Å². The lowest BCUT2D eigenvalue weighted by atomic mass is 9.92. The molecule has 0 atom stereocenters. The minimum absolute atomic E-state index is 0.742. The molecule has 0 saturated heterocycles. The molecule has 0 radical (unpaired) electrons. The van der Waals surface area contributed by atoms with E-state index in [0.717, 1.165) is 23.4 Å². The molecule has 0 saturated carbocycles. The highest BCUT2D eigenvalue weighted by Crippen LogP contribution is 2.33. The van der Waals surface area contributed by atoms with Gasteiger partial charge in [-0.15, -0.1) is 0 Å². The van der Waals surface area contributed by atoms with Crippen LogP contribution in [0, 0.1) is 0 Å². The first-order valence-electron chi connectivity index (χ1n) is 5.39. The maximum atomic E-state index is 10.2. The second-order valence-corrected chi connectivity index (χ2v) is 4.79. The van der Waals surface area contributed by atoms with Gasteiger partial charge in [-0.2, -0.15) is 0 Å². The van der Waals surface area contributed by atoms with E-state index >= 15 is 0 Å². The molecule has 1 aromatic rings. The first-order chi connectivity index (χ1) is 7.36. The summed E-state index contributed by atoms with van der Waals surface area (Å²) in [5, 5.41) is 10.2. The number of rotatable bonds is 4.